The van der Waals surface area contributed by atoms with E-state index in [2.05, 4.69) is 32.1 Å². The van der Waals surface area contributed by atoms with Gasteiger partial charge in [0.15, 0.2) is 24.8 Å². The Morgan fingerprint density at radius 2 is 2.19 bits per heavy atom. The lowest BCUT2D eigenvalue weighted by atomic mass is 10.4. The predicted molar refractivity (Wildman–Crippen MR) is 71.3 cm³/mol. The number of aromatic nitrogens is 5. The average molecular weight is 292 g/mol. The highest BCUT2D eigenvalue weighted by molar-refractivity contribution is 5.71. The molecule has 0 aromatic carbocycles. The highest BCUT2D eigenvalue weighted by Gasteiger charge is 2.07. The molecule has 0 aliphatic carbocycles. The lowest BCUT2D eigenvalue weighted by Gasteiger charge is -2.05. The predicted octanol–water partition coefficient (Wildman–Crippen LogP) is 0.0619. The van der Waals surface area contributed by atoms with Gasteiger partial charge >= 0.3 is 5.97 Å². The fraction of sp³-hybridized carbons (Fsp3) is 0.462. The Labute approximate surface area is 122 Å². The molecule has 0 saturated carbocycles. The van der Waals surface area contributed by atoms with Crippen LogP contribution in [0, 0.1) is 0 Å². The lowest BCUT2D eigenvalue weighted by molar-refractivity contribution is -0.697. The molecule has 0 amide bonds. The Hall–Kier alpha value is -2.51. The number of rotatable bonds is 8. The van der Waals surface area contributed by atoms with E-state index < -0.39 is 5.97 Å². The van der Waals surface area contributed by atoms with Gasteiger partial charge in [-0.15, -0.1) is 10.2 Å². The highest BCUT2D eigenvalue weighted by Crippen LogP contribution is 2.06. The molecule has 0 atom stereocenters. The summed E-state index contributed by atoms with van der Waals surface area (Å²) in [5, 5.41) is 13.3. The summed E-state index contributed by atoms with van der Waals surface area (Å²) in [7, 11) is 0. The second-order valence-corrected chi connectivity index (χ2v) is 4.36. The van der Waals surface area contributed by atoms with Gasteiger partial charge in [-0.25, -0.2) is 9.36 Å². The van der Waals surface area contributed by atoms with Crippen LogP contribution in [-0.2, 0) is 22.5 Å². The van der Waals surface area contributed by atoms with Crippen molar-refractivity contribution in [2.75, 3.05) is 13.2 Å². The fourth-order valence-electron chi connectivity index (χ4n) is 1.68. The number of carbonyl (C=O) groups excluding carboxylic acids is 1. The van der Waals surface area contributed by atoms with Crippen molar-refractivity contribution < 1.29 is 18.8 Å². The summed E-state index contributed by atoms with van der Waals surface area (Å²) in [6.07, 6.45) is 5.32. The second-order valence-electron chi connectivity index (χ2n) is 4.36. The normalized spacial score (nSPS) is 10.3. The SMILES string of the molecule is CCC[n+]1ccc(OCC(=O)OCCc2nn[nH]n2)cc1. The largest absolute Gasteiger partial charge is 0.481 e. The van der Waals surface area contributed by atoms with E-state index in [1.54, 1.807) is 0 Å². The molecular weight excluding hydrogens is 274 g/mol. The Bertz CT molecular complexity index is 541. The summed E-state index contributed by atoms with van der Waals surface area (Å²) in [4.78, 5) is 11.5. The van der Waals surface area contributed by atoms with Crippen LogP contribution in [0.15, 0.2) is 24.5 Å². The third-order valence-electron chi connectivity index (χ3n) is 2.68. The molecule has 112 valence electrons. The fourth-order valence-corrected chi connectivity index (χ4v) is 1.68. The van der Waals surface area contributed by atoms with Crippen molar-refractivity contribution in [2.24, 2.45) is 0 Å². The molecule has 0 radical (unpaired) electrons. The van der Waals surface area contributed by atoms with E-state index in [4.69, 9.17) is 9.47 Å². The van der Waals surface area contributed by atoms with Gasteiger partial charge in [-0.05, 0) is 0 Å². The molecule has 8 heteroatoms. The summed E-state index contributed by atoms with van der Waals surface area (Å²) < 4.78 is 12.4. The molecule has 0 fully saturated rings. The first-order valence-electron chi connectivity index (χ1n) is 6.78. The first-order chi connectivity index (χ1) is 10.3. The maximum Gasteiger partial charge on any atom is 0.344 e. The monoisotopic (exact) mass is 292 g/mol. The van der Waals surface area contributed by atoms with Gasteiger partial charge < -0.3 is 9.47 Å². The van der Waals surface area contributed by atoms with Crippen LogP contribution in [0.2, 0.25) is 0 Å². The van der Waals surface area contributed by atoms with E-state index in [-0.39, 0.29) is 13.2 Å². The molecule has 0 spiro atoms. The molecule has 0 saturated heterocycles. The van der Waals surface area contributed by atoms with Crippen molar-refractivity contribution in [1.29, 1.82) is 0 Å². The number of nitrogens with zero attached hydrogens (tertiary/aromatic N) is 4. The van der Waals surface area contributed by atoms with Crippen molar-refractivity contribution in [1.82, 2.24) is 20.6 Å². The van der Waals surface area contributed by atoms with Crippen LogP contribution in [0.3, 0.4) is 0 Å². The van der Waals surface area contributed by atoms with Crippen molar-refractivity contribution in [3.63, 3.8) is 0 Å². The number of carbonyl (C=O) groups is 1. The minimum Gasteiger partial charge on any atom is -0.481 e. The second kappa shape index (κ2) is 7.93. The number of aryl methyl sites for hydroxylation is 1. The summed E-state index contributed by atoms with van der Waals surface area (Å²) in [5.74, 6) is 0.716. The third-order valence-corrected chi connectivity index (χ3v) is 2.68. The maximum atomic E-state index is 11.5. The van der Waals surface area contributed by atoms with Crippen molar-refractivity contribution in [3.8, 4) is 5.75 Å². The van der Waals surface area contributed by atoms with Gasteiger partial charge in [-0.1, -0.05) is 12.1 Å². The first-order valence-corrected chi connectivity index (χ1v) is 6.78. The number of hydrogen-bond donors (Lipinski definition) is 1. The van der Waals surface area contributed by atoms with E-state index in [0.29, 0.717) is 18.0 Å². The van der Waals surface area contributed by atoms with Crippen LogP contribution in [0.4, 0.5) is 0 Å². The number of nitrogens with one attached hydrogen (secondary N) is 1. The van der Waals surface area contributed by atoms with E-state index in [1.807, 2.05) is 24.5 Å². The zero-order valence-electron chi connectivity index (χ0n) is 11.9. The molecule has 21 heavy (non-hydrogen) atoms. The Morgan fingerprint density at radius 1 is 1.38 bits per heavy atom. The number of esters is 1. The van der Waals surface area contributed by atoms with Gasteiger partial charge in [0.2, 0.25) is 0 Å². The molecule has 0 bridgehead atoms. The number of tetrazole rings is 1. The number of aromatic amines is 1. The molecule has 0 unspecified atom stereocenters. The zero-order chi connectivity index (χ0) is 14.9. The average Bonchev–Trinajstić information content (AvgIpc) is 3.00. The van der Waals surface area contributed by atoms with Gasteiger partial charge in [-0.2, -0.15) is 5.21 Å². The van der Waals surface area contributed by atoms with Crippen LogP contribution in [0.5, 0.6) is 5.75 Å². The van der Waals surface area contributed by atoms with E-state index >= 15 is 0 Å². The quantitative estimate of drug-likeness (QED) is 0.546. The van der Waals surface area contributed by atoms with Crippen LogP contribution in [0.25, 0.3) is 0 Å². The molecule has 2 aromatic heterocycles. The van der Waals surface area contributed by atoms with Gasteiger partial charge in [0.25, 0.3) is 0 Å². The summed E-state index contributed by atoms with van der Waals surface area (Å²) >= 11 is 0. The lowest BCUT2D eigenvalue weighted by Crippen LogP contribution is -2.32. The molecule has 2 rings (SSSR count). The highest BCUT2D eigenvalue weighted by atomic mass is 16.6. The van der Waals surface area contributed by atoms with Crippen LogP contribution < -0.4 is 9.30 Å². The van der Waals surface area contributed by atoms with Gasteiger partial charge in [0, 0.05) is 25.0 Å². The van der Waals surface area contributed by atoms with Crippen LogP contribution in [-0.4, -0.2) is 39.8 Å². The Morgan fingerprint density at radius 3 is 2.86 bits per heavy atom. The molecule has 1 N–H and O–H groups in total. The molecule has 0 aliphatic heterocycles. The standard InChI is InChI=1S/C13H18N5O3/c1-2-6-18-7-3-11(4-8-18)21-10-13(19)20-9-5-12-14-16-17-15-12/h3-4,7-8H,2,5-6,9-10H2,1H3,(H,14,15,16,17)/q+1. The van der Waals surface area contributed by atoms with Crippen molar-refractivity contribution in [2.45, 2.75) is 26.3 Å². The minimum absolute atomic E-state index is 0.121. The van der Waals surface area contributed by atoms with Gasteiger partial charge in [-0.3, -0.25) is 0 Å². The van der Waals surface area contributed by atoms with E-state index in [9.17, 15) is 4.79 Å². The number of hydrogen-bond acceptors (Lipinski definition) is 6. The number of ether oxygens (including phenoxy) is 2. The Kier molecular flexibility index (Phi) is 5.62. The topological polar surface area (TPSA) is 93.9 Å². The maximum absolute atomic E-state index is 11.5. The minimum atomic E-state index is -0.427. The number of pyridine rings is 1. The summed E-state index contributed by atoms with van der Waals surface area (Å²) in [6, 6.07) is 3.64. The van der Waals surface area contributed by atoms with Gasteiger partial charge in [0.1, 0.15) is 12.3 Å². The molecule has 8 nitrogen and oxygen atoms in total. The van der Waals surface area contributed by atoms with Gasteiger partial charge in [0.05, 0.1) is 6.61 Å². The molecule has 2 heterocycles. The molecule has 2 aromatic rings. The van der Waals surface area contributed by atoms with Crippen molar-refractivity contribution in [3.05, 3.63) is 30.4 Å². The summed E-state index contributed by atoms with van der Waals surface area (Å²) in [6.45, 7) is 3.15. The van der Waals surface area contributed by atoms with E-state index in [1.165, 1.54) is 0 Å². The van der Waals surface area contributed by atoms with Crippen LogP contribution in [0.1, 0.15) is 19.2 Å². The number of H-pyrrole nitrogens is 1. The zero-order valence-corrected chi connectivity index (χ0v) is 11.9. The smallest absolute Gasteiger partial charge is 0.344 e. The Balaban J connectivity index is 1.66. The first kappa shape index (κ1) is 14.9. The van der Waals surface area contributed by atoms with Crippen molar-refractivity contribution >= 4 is 5.97 Å². The van der Waals surface area contributed by atoms with Crippen LogP contribution >= 0.6 is 0 Å². The molecular formula is C13H18N5O3+. The van der Waals surface area contributed by atoms with E-state index in [0.717, 1.165) is 13.0 Å². The summed E-state index contributed by atoms with van der Waals surface area (Å²) in [5.41, 5.74) is 0. The third kappa shape index (κ3) is 5.17. The molecule has 0 aliphatic rings.